The molecule has 82 valence electrons. The van der Waals surface area contributed by atoms with E-state index < -0.39 is 0 Å². The molecule has 0 amide bonds. The van der Waals surface area contributed by atoms with Gasteiger partial charge in [-0.1, -0.05) is 38.1 Å². The van der Waals surface area contributed by atoms with Gasteiger partial charge in [0.2, 0.25) is 0 Å². The molecule has 0 bridgehead atoms. The van der Waals surface area contributed by atoms with Crippen LogP contribution >= 0.6 is 0 Å². The number of nitrogens with one attached hydrogen (secondary N) is 2. The molecule has 2 nitrogen and oxygen atoms in total. The van der Waals surface area contributed by atoms with E-state index in [-0.39, 0.29) is 0 Å². The molecule has 2 N–H and O–H groups in total. The van der Waals surface area contributed by atoms with Crippen LogP contribution < -0.4 is 10.6 Å². The van der Waals surface area contributed by atoms with Gasteiger partial charge in [-0.2, -0.15) is 0 Å². The molecule has 1 aliphatic rings. The van der Waals surface area contributed by atoms with E-state index in [2.05, 4.69) is 48.7 Å². The van der Waals surface area contributed by atoms with Crippen molar-refractivity contribution in [2.45, 2.75) is 38.9 Å². The maximum Gasteiger partial charge on any atom is 0.0337 e. The van der Waals surface area contributed by atoms with Crippen molar-refractivity contribution in [2.75, 3.05) is 6.54 Å². The van der Waals surface area contributed by atoms with Gasteiger partial charge in [-0.3, -0.25) is 0 Å². The lowest BCUT2D eigenvalue weighted by atomic mass is 9.99. The second kappa shape index (κ2) is 4.77. The van der Waals surface area contributed by atoms with Crippen LogP contribution in [-0.2, 0) is 6.54 Å². The first kappa shape index (κ1) is 10.7. The molecule has 2 rings (SSSR count). The lowest BCUT2D eigenvalue weighted by Crippen LogP contribution is -2.29. The Bertz CT molecular complexity index is 320. The number of hydrogen-bond acceptors (Lipinski definition) is 2. The van der Waals surface area contributed by atoms with Crippen LogP contribution in [-0.4, -0.2) is 12.6 Å². The average Bonchev–Trinajstić information content (AvgIpc) is 2.41. The molecule has 0 radical (unpaired) electrons. The SMILES string of the molecule is CC(C)NC1CCNCc2ccccc21. The standard InChI is InChI=1S/C13H20N2/c1-10(2)15-13-7-8-14-9-11-5-3-4-6-12(11)13/h3-6,10,13-15H,7-9H2,1-2H3. The van der Waals surface area contributed by atoms with Gasteiger partial charge >= 0.3 is 0 Å². The molecule has 1 aromatic carbocycles. The summed E-state index contributed by atoms with van der Waals surface area (Å²) < 4.78 is 0. The molecule has 0 saturated carbocycles. The van der Waals surface area contributed by atoms with Crippen LogP contribution in [0.1, 0.15) is 37.4 Å². The van der Waals surface area contributed by atoms with E-state index in [1.807, 2.05) is 0 Å². The van der Waals surface area contributed by atoms with E-state index >= 15 is 0 Å². The molecule has 0 fully saturated rings. The zero-order valence-electron chi connectivity index (χ0n) is 9.59. The van der Waals surface area contributed by atoms with Gasteiger partial charge in [-0.15, -0.1) is 0 Å². The molecule has 1 atom stereocenters. The summed E-state index contributed by atoms with van der Waals surface area (Å²) >= 11 is 0. The molecule has 1 unspecified atom stereocenters. The number of hydrogen-bond donors (Lipinski definition) is 2. The molecule has 0 spiro atoms. The van der Waals surface area contributed by atoms with Gasteiger partial charge in [0.15, 0.2) is 0 Å². The zero-order chi connectivity index (χ0) is 10.7. The molecule has 1 aromatic rings. The summed E-state index contributed by atoms with van der Waals surface area (Å²) in [7, 11) is 0. The van der Waals surface area contributed by atoms with Gasteiger partial charge in [0.05, 0.1) is 0 Å². The lowest BCUT2D eigenvalue weighted by molar-refractivity contribution is 0.452. The van der Waals surface area contributed by atoms with Crippen molar-refractivity contribution in [3.05, 3.63) is 35.4 Å². The highest BCUT2D eigenvalue weighted by molar-refractivity contribution is 5.31. The second-order valence-corrected chi connectivity index (χ2v) is 4.54. The summed E-state index contributed by atoms with van der Waals surface area (Å²) in [5.41, 5.74) is 2.91. The maximum absolute atomic E-state index is 3.64. The molecule has 0 aromatic heterocycles. The van der Waals surface area contributed by atoms with E-state index in [9.17, 15) is 0 Å². The van der Waals surface area contributed by atoms with E-state index in [4.69, 9.17) is 0 Å². The summed E-state index contributed by atoms with van der Waals surface area (Å²) in [4.78, 5) is 0. The number of fused-ring (bicyclic) bond motifs is 1. The third-order valence-corrected chi connectivity index (χ3v) is 2.89. The normalized spacial score (nSPS) is 21.1. The maximum atomic E-state index is 3.64. The van der Waals surface area contributed by atoms with E-state index in [1.54, 1.807) is 0 Å². The van der Waals surface area contributed by atoms with Gasteiger partial charge in [-0.05, 0) is 24.1 Å². The van der Waals surface area contributed by atoms with Crippen LogP contribution in [0.25, 0.3) is 0 Å². The first-order chi connectivity index (χ1) is 7.27. The van der Waals surface area contributed by atoms with Gasteiger partial charge in [0.1, 0.15) is 0 Å². The Balaban J connectivity index is 2.24. The Labute approximate surface area is 92.1 Å². The Morgan fingerprint density at radius 3 is 2.93 bits per heavy atom. The molecular weight excluding hydrogens is 184 g/mol. The molecule has 0 aliphatic carbocycles. The lowest BCUT2D eigenvalue weighted by Gasteiger charge is -2.21. The molecule has 15 heavy (non-hydrogen) atoms. The molecule has 2 heteroatoms. The van der Waals surface area contributed by atoms with Crippen molar-refractivity contribution >= 4 is 0 Å². The van der Waals surface area contributed by atoms with E-state index in [0.29, 0.717) is 12.1 Å². The average molecular weight is 204 g/mol. The minimum Gasteiger partial charge on any atom is -0.313 e. The van der Waals surface area contributed by atoms with Crippen molar-refractivity contribution in [3.63, 3.8) is 0 Å². The van der Waals surface area contributed by atoms with Crippen LogP contribution in [0.4, 0.5) is 0 Å². The topological polar surface area (TPSA) is 24.1 Å². The van der Waals surface area contributed by atoms with Crippen molar-refractivity contribution in [3.8, 4) is 0 Å². The minimum absolute atomic E-state index is 0.510. The quantitative estimate of drug-likeness (QED) is 0.772. The highest BCUT2D eigenvalue weighted by atomic mass is 15.0. The summed E-state index contributed by atoms with van der Waals surface area (Å²) in [5.74, 6) is 0. The Morgan fingerprint density at radius 2 is 2.13 bits per heavy atom. The van der Waals surface area contributed by atoms with Crippen molar-refractivity contribution < 1.29 is 0 Å². The zero-order valence-corrected chi connectivity index (χ0v) is 9.59. The third kappa shape index (κ3) is 2.58. The highest BCUT2D eigenvalue weighted by Crippen LogP contribution is 2.23. The highest BCUT2D eigenvalue weighted by Gasteiger charge is 2.17. The van der Waals surface area contributed by atoms with Crippen molar-refractivity contribution in [1.29, 1.82) is 0 Å². The fraction of sp³-hybridized carbons (Fsp3) is 0.538. The number of rotatable bonds is 2. The molecule has 0 saturated heterocycles. The van der Waals surface area contributed by atoms with Crippen LogP contribution in [0.5, 0.6) is 0 Å². The van der Waals surface area contributed by atoms with Crippen LogP contribution in [0.15, 0.2) is 24.3 Å². The fourth-order valence-electron chi connectivity index (χ4n) is 2.24. The Kier molecular flexibility index (Phi) is 3.39. The minimum atomic E-state index is 0.510. The third-order valence-electron chi connectivity index (χ3n) is 2.89. The molecule has 1 aliphatic heterocycles. The Hall–Kier alpha value is -0.860. The predicted molar refractivity (Wildman–Crippen MR) is 63.8 cm³/mol. The molecule has 1 heterocycles. The van der Waals surface area contributed by atoms with Gasteiger partial charge < -0.3 is 10.6 Å². The summed E-state index contributed by atoms with van der Waals surface area (Å²) in [6.07, 6.45) is 1.18. The summed E-state index contributed by atoms with van der Waals surface area (Å²) in [6.45, 7) is 6.52. The van der Waals surface area contributed by atoms with Crippen LogP contribution in [0, 0.1) is 0 Å². The van der Waals surface area contributed by atoms with Crippen LogP contribution in [0.2, 0.25) is 0 Å². The van der Waals surface area contributed by atoms with Gasteiger partial charge in [-0.25, -0.2) is 0 Å². The van der Waals surface area contributed by atoms with Gasteiger partial charge in [0.25, 0.3) is 0 Å². The summed E-state index contributed by atoms with van der Waals surface area (Å²) in [6, 6.07) is 9.79. The Morgan fingerprint density at radius 1 is 1.33 bits per heavy atom. The van der Waals surface area contributed by atoms with Crippen LogP contribution in [0.3, 0.4) is 0 Å². The van der Waals surface area contributed by atoms with Gasteiger partial charge in [0, 0.05) is 18.6 Å². The second-order valence-electron chi connectivity index (χ2n) is 4.54. The molecular formula is C13H20N2. The first-order valence-electron chi connectivity index (χ1n) is 5.82. The summed E-state index contributed by atoms with van der Waals surface area (Å²) in [5, 5.41) is 7.10. The largest absolute Gasteiger partial charge is 0.313 e. The fourth-order valence-corrected chi connectivity index (χ4v) is 2.24. The smallest absolute Gasteiger partial charge is 0.0337 e. The van der Waals surface area contributed by atoms with Crippen molar-refractivity contribution in [2.24, 2.45) is 0 Å². The first-order valence-corrected chi connectivity index (χ1v) is 5.82. The van der Waals surface area contributed by atoms with E-state index in [0.717, 1.165) is 13.1 Å². The van der Waals surface area contributed by atoms with Crippen molar-refractivity contribution in [1.82, 2.24) is 10.6 Å². The van der Waals surface area contributed by atoms with E-state index in [1.165, 1.54) is 17.5 Å². The number of benzene rings is 1. The predicted octanol–water partition coefficient (Wildman–Crippen LogP) is 2.22. The monoisotopic (exact) mass is 204 g/mol.